The number of hydrogen-bond donors (Lipinski definition) is 1. The van der Waals surface area contributed by atoms with Crippen molar-refractivity contribution in [1.29, 1.82) is 0 Å². The number of benzene rings is 1. The van der Waals surface area contributed by atoms with E-state index in [1.165, 1.54) is 0 Å². The van der Waals surface area contributed by atoms with Crippen LogP contribution in [0.1, 0.15) is 12.5 Å². The number of halogens is 1. The summed E-state index contributed by atoms with van der Waals surface area (Å²) < 4.78 is 5.42. The molecule has 0 radical (unpaired) electrons. The largest absolute Gasteiger partial charge is 0.394 e. The molecule has 0 bridgehead atoms. The molecule has 19 heavy (non-hydrogen) atoms. The maximum absolute atomic E-state index is 12.3. The molecular formula is C14H18ClNO3. The molecule has 1 N–H and O–H groups in total. The van der Waals surface area contributed by atoms with Crippen molar-refractivity contribution >= 4 is 17.5 Å². The van der Waals surface area contributed by atoms with E-state index in [4.69, 9.17) is 21.4 Å². The second kappa shape index (κ2) is 6.37. The van der Waals surface area contributed by atoms with E-state index in [-0.39, 0.29) is 24.7 Å². The van der Waals surface area contributed by atoms with Crippen molar-refractivity contribution in [1.82, 2.24) is 4.90 Å². The van der Waals surface area contributed by atoms with Gasteiger partial charge < -0.3 is 14.7 Å². The predicted octanol–water partition coefficient (Wildman–Crippen LogP) is 1.49. The van der Waals surface area contributed by atoms with Crippen LogP contribution < -0.4 is 0 Å². The fourth-order valence-electron chi connectivity index (χ4n) is 2.15. The van der Waals surface area contributed by atoms with Crippen LogP contribution in [0, 0.1) is 0 Å². The van der Waals surface area contributed by atoms with E-state index in [0.717, 1.165) is 5.56 Å². The van der Waals surface area contributed by atoms with E-state index in [1.54, 1.807) is 17.0 Å². The molecule has 1 fully saturated rings. The highest BCUT2D eigenvalue weighted by Gasteiger charge is 2.28. The molecule has 1 amide bonds. The van der Waals surface area contributed by atoms with Gasteiger partial charge in [0.05, 0.1) is 31.8 Å². The molecule has 0 saturated carbocycles. The van der Waals surface area contributed by atoms with Gasteiger partial charge in [-0.25, -0.2) is 0 Å². The fraction of sp³-hybridized carbons (Fsp3) is 0.500. The van der Waals surface area contributed by atoms with E-state index >= 15 is 0 Å². The van der Waals surface area contributed by atoms with Gasteiger partial charge in [-0.15, -0.1) is 0 Å². The summed E-state index contributed by atoms with van der Waals surface area (Å²) in [5, 5.41) is 9.78. The van der Waals surface area contributed by atoms with Crippen LogP contribution in [-0.4, -0.2) is 47.8 Å². The Labute approximate surface area is 117 Å². The van der Waals surface area contributed by atoms with Crippen molar-refractivity contribution in [2.24, 2.45) is 0 Å². The molecule has 1 aliphatic rings. The SMILES string of the molecule is CC1COC(CO)CN1C(=O)Cc1ccc(Cl)cc1. The summed E-state index contributed by atoms with van der Waals surface area (Å²) in [5.74, 6) is 0.0524. The van der Waals surface area contributed by atoms with Crippen molar-refractivity contribution in [3.63, 3.8) is 0 Å². The third-order valence-electron chi connectivity index (χ3n) is 3.30. The van der Waals surface area contributed by atoms with Gasteiger partial charge in [-0.3, -0.25) is 4.79 Å². The van der Waals surface area contributed by atoms with Gasteiger partial charge in [-0.1, -0.05) is 23.7 Å². The fourth-order valence-corrected chi connectivity index (χ4v) is 2.28. The molecule has 0 spiro atoms. The monoisotopic (exact) mass is 283 g/mol. The topological polar surface area (TPSA) is 49.8 Å². The summed E-state index contributed by atoms with van der Waals surface area (Å²) in [6, 6.07) is 7.32. The lowest BCUT2D eigenvalue weighted by Gasteiger charge is -2.37. The van der Waals surface area contributed by atoms with Crippen LogP contribution in [0.15, 0.2) is 24.3 Å². The number of ether oxygens (including phenoxy) is 1. The third-order valence-corrected chi connectivity index (χ3v) is 3.55. The zero-order valence-electron chi connectivity index (χ0n) is 10.9. The number of carbonyl (C=O) groups is 1. The Hall–Kier alpha value is -1.10. The average Bonchev–Trinajstić information content (AvgIpc) is 2.42. The van der Waals surface area contributed by atoms with Crippen molar-refractivity contribution in [3.8, 4) is 0 Å². The maximum atomic E-state index is 12.3. The highest BCUT2D eigenvalue weighted by atomic mass is 35.5. The van der Waals surface area contributed by atoms with Gasteiger partial charge in [0.25, 0.3) is 0 Å². The Balaban J connectivity index is 2.00. The van der Waals surface area contributed by atoms with Gasteiger partial charge in [0, 0.05) is 11.6 Å². The van der Waals surface area contributed by atoms with Crippen LogP contribution in [-0.2, 0) is 16.0 Å². The minimum absolute atomic E-state index is 0.0441. The number of amides is 1. The molecule has 0 aliphatic carbocycles. The van der Waals surface area contributed by atoms with Gasteiger partial charge in [-0.05, 0) is 24.6 Å². The standard InChI is InChI=1S/C14H18ClNO3/c1-10-9-19-13(8-17)7-16(10)14(18)6-11-2-4-12(15)5-3-11/h2-5,10,13,17H,6-9H2,1H3. The van der Waals surface area contributed by atoms with Gasteiger partial charge in [0.1, 0.15) is 0 Å². The highest BCUT2D eigenvalue weighted by Crippen LogP contribution is 2.15. The number of nitrogens with zero attached hydrogens (tertiary/aromatic N) is 1. The molecule has 0 aromatic heterocycles. The van der Waals surface area contributed by atoms with Crippen LogP contribution in [0.2, 0.25) is 5.02 Å². The predicted molar refractivity (Wildman–Crippen MR) is 73.2 cm³/mol. The third kappa shape index (κ3) is 3.69. The summed E-state index contributed by atoms with van der Waals surface area (Å²) in [6.45, 7) is 2.81. The average molecular weight is 284 g/mol. The number of aliphatic hydroxyl groups is 1. The zero-order valence-corrected chi connectivity index (χ0v) is 11.6. The Bertz CT molecular complexity index is 435. The van der Waals surface area contributed by atoms with E-state index in [0.29, 0.717) is 24.6 Å². The molecule has 104 valence electrons. The van der Waals surface area contributed by atoms with Crippen LogP contribution in [0.3, 0.4) is 0 Å². The molecule has 1 heterocycles. The Morgan fingerprint density at radius 2 is 2.16 bits per heavy atom. The molecule has 2 unspecified atom stereocenters. The van der Waals surface area contributed by atoms with Gasteiger partial charge in [-0.2, -0.15) is 0 Å². The first-order chi connectivity index (χ1) is 9.10. The molecule has 2 rings (SSSR count). The highest BCUT2D eigenvalue weighted by molar-refractivity contribution is 6.30. The van der Waals surface area contributed by atoms with Crippen LogP contribution in [0.25, 0.3) is 0 Å². The quantitative estimate of drug-likeness (QED) is 0.914. The second-order valence-corrected chi connectivity index (χ2v) is 5.27. The van der Waals surface area contributed by atoms with Crippen molar-refractivity contribution < 1.29 is 14.6 Å². The zero-order chi connectivity index (χ0) is 13.8. The molecule has 4 nitrogen and oxygen atoms in total. The van der Waals surface area contributed by atoms with Crippen molar-refractivity contribution in [2.75, 3.05) is 19.8 Å². The number of aliphatic hydroxyl groups excluding tert-OH is 1. The van der Waals surface area contributed by atoms with E-state index < -0.39 is 0 Å². The Morgan fingerprint density at radius 1 is 1.47 bits per heavy atom. The van der Waals surface area contributed by atoms with Gasteiger partial charge >= 0.3 is 0 Å². The molecule has 1 saturated heterocycles. The first-order valence-electron chi connectivity index (χ1n) is 6.36. The lowest BCUT2D eigenvalue weighted by molar-refractivity contribution is -0.145. The normalized spacial score (nSPS) is 23.4. The van der Waals surface area contributed by atoms with E-state index in [2.05, 4.69) is 0 Å². The summed E-state index contributed by atoms with van der Waals surface area (Å²) in [6.07, 6.45) is 0.0741. The van der Waals surface area contributed by atoms with Crippen LogP contribution >= 0.6 is 11.6 Å². The maximum Gasteiger partial charge on any atom is 0.227 e. The molecule has 5 heteroatoms. The number of rotatable bonds is 3. The smallest absolute Gasteiger partial charge is 0.227 e. The van der Waals surface area contributed by atoms with E-state index in [1.807, 2.05) is 19.1 Å². The first kappa shape index (κ1) is 14.3. The van der Waals surface area contributed by atoms with Gasteiger partial charge in [0.15, 0.2) is 0 Å². The number of hydrogen-bond acceptors (Lipinski definition) is 3. The number of morpholine rings is 1. The molecule has 1 aromatic carbocycles. The summed E-state index contributed by atoms with van der Waals surface area (Å²) in [5.41, 5.74) is 0.939. The lowest BCUT2D eigenvalue weighted by Crippen LogP contribution is -2.52. The Morgan fingerprint density at radius 3 is 2.79 bits per heavy atom. The molecule has 1 aromatic rings. The molecule has 1 aliphatic heterocycles. The number of carbonyl (C=O) groups excluding carboxylic acids is 1. The van der Waals surface area contributed by atoms with E-state index in [9.17, 15) is 4.79 Å². The summed E-state index contributed by atoms with van der Waals surface area (Å²) in [4.78, 5) is 14.1. The minimum atomic E-state index is -0.273. The first-order valence-corrected chi connectivity index (χ1v) is 6.74. The van der Waals surface area contributed by atoms with Crippen molar-refractivity contribution in [2.45, 2.75) is 25.5 Å². The van der Waals surface area contributed by atoms with Gasteiger partial charge in [0.2, 0.25) is 5.91 Å². The molecular weight excluding hydrogens is 266 g/mol. The second-order valence-electron chi connectivity index (χ2n) is 4.84. The van der Waals surface area contributed by atoms with Crippen LogP contribution in [0.5, 0.6) is 0 Å². The molecule has 2 atom stereocenters. The minimum Gasteiger partial charge on any atom is -0.394 e. The summed E-state index contributed by atoms with van der Waals surface area (Å²) >= 11 is 5.82. The lowest BCUT2D eigenvalue weighted by atomic mass is 10.1. The van der Waals surface area contributed by atoms with Crippen LogP contribution in [0.4, 0.5) is 0 Å². The van der Waals surface area contributed by atoms with Crippen molar-refractivity contribution in [3.05, 3.63) is 34.9 Å². The summed E-state index contributed by atoms with van der Waals surface area (Å²) in [7, 11) is 0. The Kier molecular flexibility index (Phi) is 4.80.